The minimum Gasteiger partial charge on any atom is -0.365 e. The minimum atomic E-state index is -0.456. The lowest BCUT2D eigenvalue weighted by Crippen LogP contribution is -2.42. The molecule has 4 rings (SSSR count). The number of likely N-dealkylation sites (tertiary alicyclic amines) is 1. The zero-order valence-corrected chi connectivity index (χ0v) is 16.4. The number of carbonyl (C=O) groups excluding carboxylic acids is 2. The molecule has 2 aromatic carbocycles. The van der Waals surface area contributed by atoms with Crippen LogP contribution in [0.2, 0.25) is 10.0 Å². The summed E-state index contributed by atoms with van der Waals surface area (Å²) in [6.07, 6.45) is 1.87. The van der Waals surface area contributed by atoms with Gasteiger partial charge in [0.05, 0.1) is 10.5 Å². The molecule has 0 saturated carbocycles. The first-order valence-electron chi connectivity index (χ1n) is 9.00. The molecule has 0 atom stereocenters. The van der Waals surface area contributed by atoms with E-state index in [1.165, 1.54) is 0 Å². The SMILES string of the molecule is O=CC(=O)N1CCC(Nc2n[nH]c3cc(Cl)c(-c4ccccc4Cl)cc23)CC1. The van der Waals surface area contributed by atoms with Gasteiger partial charge in [-0.25, -0.2) is 0 Å². The van der Waals surface area contributed by atoms with Crippen LogP contribution in [0.4, 0.5) is 5.82 Å². The van der Waals surface area contributed by atoms with E-state index in [1.807, 2.05) is 36.4 Å². The molecule has 28 heavy (non-hydrogen) atoms. The van der Waals surface area contributed by atoms with Crippen molar-refractivity contribution in [3.8, 4) is 11.1 Å². The fraction of sp³-hybridized carbons (Fsp3) is 0.250. The van der Waals surface area contributed by atoms with Gasteiger partial charge in [0, 0.05) is 40.7 Å². The number of halogens is 2. The maximum atomic E-state index is 11.5. The van der Waals surface area contributed by atoms with Crippen LogP contribution < -0.4 is 5.32 Å². The minimum absolute atomic E-state index is 0.168. The van der Waals surface area contributed by atoms with Crippen molar-refractivity contribution < 1.29 is 9.59 Å². The predicted octanol–water partition coefficient (Wildman–Crippen LogP) is 4.14. The van der Waals surface area contributed by atoms with Crippen molar-refractivity contribution in [2.45, 2.75) is 18.9 Å². The van der Waals surface area contributed by atoms with Crippen molar-refractivity contribution in [1.82, 2.24) is 15.1 Å². The van der Waals surface area contributed by atoms with E-state index >= 15 is 0 Å². The highest BCUT2D eigenvalue weighted by atomic mass is 35.5. The molecule has 0 spiro atoms. The van der Waals surface area contributed by atoms with Gasteiger partial charge in [0.1, 0.15) is 0 Å². The standard InChI is InChI=1S/C20H18Cl2N4O2/c21-16-4-2-1-3-13(16)14-9-15-18(10-17(14)22)24-25-20(15)23-12-5-7-26(8-6-12)19(28)11-27/h1-4,9-12H,5-8H2,(H2,23,24,25). The van der Waals surface area contributed by atoms with Crippen LogP contribution in [0.1, 0.15) is 12.8 Å². The normalized spacial score (nSPS) is 15.0. The van der Waals surface area contributed by atoms with Crippen LogP contribution in [0.15, 0.2) is 36.4 Å². The topological polar surface area (TPSA) is 78.1 Å². The second kappa shape index (κ2) is 7.81. The van der Waals surface area contributed by atoms with Crippen molar-refractivity contribution >= 4 is 52.1 Å². The van der Waals surface area contributed by atoms with Crippen molar-refractivity contribution in [2.75, 3.05) is 18.4 Å². The van der Waals surface area contributed by atoms with Crippen LogP contribution >= 0.6 is 23.2 Å². The second-order valence-electron chi connectivity index (χ2n) is 6.79. The first kappa shape index (κ1) is 18.8. The zero-order valence-electron chi connectivity index (χ0n) is 14.9. The number of piperidine rings is 1. The van der Waals surface area contributed by atoms with Crippen LogP contribution in [-0.2, 0) is 9.59 Å². The maximum Gasteiger partial charge on any atom is 0.286 e. The van der Waals surface area contributed by atoms with E-state index in [0.29, 0.717) is 29.4 Å². The van der Waals surface area contributed by atoms with E-state index in [1.54, 1.807) is 4.90 Å². The van der Waals surface area contributed by atoms with E-state index in [2.05, 4.69) is 15.5 Å². The van der Waals surface area contributed by atoms with E-state index in [9.17, 15) is 9.59 Å². The molecule has 1 aliphatic heterocycles. The Balaban J connectivity index is 1.59. The number of aldehydes is 1. The van der Waals surface area contributed by atoms with Crippen LogP contribution in [0.5, 0.6) is 0 Å². The number of hydrogen-bond acceptors (Lipinski definition) is 4. The number of carbonyl (C=O) groups is 2. The lowest BCUT2D eigenvalue weighted by Gasteiger charge is -2.31. The van der Waals surface area contributed by atoms with Crippen LogP contribution in [0.25, 0.3) is 22.0 Å². The summed E-state index contributed by atoms with van der Waals surface area (Å²) in [4.78, 5) is 23.7. The van der Waals surface area contributed by atoms with Gasteiger partial charge in [-0.3, -0.25) is 14.7 Å². The quantitative estimate of drug-likeness (QED) is 0.494. The van der Waals surface area contributed by atoms with Crippen molar-refractivity contribution in [3.05, 3.63) is 46.4 Å². The molecule has 0 aliphatic carbocycles. The number of aromatic nitrogens is 2. The van der Waals surface area contributed by atoms with Gasteiger partial charge >= 0.3 is 0 Å². The van der Waals surface area contributed by atoms with E-state index in [4.69, 9.17) is 23.2 Å². The number of nitrogens with zero attached hydrogens (tertiary/aromatic N) is 2. The number of benzene rings is 2. The summed E-state index contributed by atoms with van der Waals surface area (Å²) in [5.74, 6) is 0.280. The van der Waals surface area contributed by atoms with Crippen molar-refractivity contribution in [2.24, 2.45) is 0 Å². The lowest BCUT2D eigenvalue weighted by molar-refractivity contribution is -0.139. The Kier molecular flexibility index (Phi) is 5.24. The number of amides is 1. The zero-order chi connectivity index (χ0) is 19.7. The molecule has 2 heterocycles. The molecule has 1 amide bonds. The lowest BCUT2D eigenvalue weighted by atomic mass is 10.0. The number of hydrogen-bond donors (Lipinski definition) is 2. The average Bonchev–Trinajstić information content (AvgIpc) is 3.09. The third kappa shape index (κ3) is 3.57. The van der Waals surface area contributed by atoms with E-state index in [-0.39, 0.29) is 6.04 Å². The summed E-state index contributed by atoms with van der Waals surface area (Å²) in [5.41, 5.74) is 2.54. The molecule has 1 fully saturated rings. The van der Waals surface area contributed by atoms with Gasteiger partial charge < -0.3 is 10.2 Å². The molecule has 1 saturated heterocycles. The fourth-order valence-electron chi connectivity index (χ4n) is 3.55. The van der Waals surface area contributed by atoms with Gasteiger partial charge in [-0.2, -0.15) is 5.10 Å². The number of anilines is 1. The van der Waals surface area contributed by atoms with Gasteiger partial charge in [-0.1, -0.05) is 41.4 Å². The molecule has 1 aromatic heterocycles. The fourth-order valence-corrected chi connectivity index (χ4v) is 4.05. The van der Waals surface area contributed by atoms with Gasteiger partial charge in [0.2, 0.25) is 6.29 Å². The number of aromatic amines is 1. The molecule has 6 nitrogen and oxygen atoms in total. The maximum absolute atomic E-state index is 11.5. The third-order valence-electron chi connectivity index (χ3n) is 5.06. The van der Waals surface area contributed by atoms with Gasteiger partial charge in [-0.05, 0) is 31.0 Å². The Bertz CT molecular complexity index is 1040. The Labute approximate surface area is 171 Å². The molecule has 0 unspecified atom stereocenters. The van der Waals surface area contributed by atoms with Crippen molar-refractivity contribution in [3.63, 3.8) is 0 Å². The predicted molar refractivity (Wildman–Crippen MR) is 111 cm³/mol. The van der Waals surface area contributed by atoms with Crippen molar-refractivity contribution in [1.29, 1.82) is 0 Å². The van der Waals surface area contributed by atoms with E-state index < -0.39 is 5.91 Å². The first-order chi connectivity index (χ1) is 13.6. The van der Waals surface area contributed by atoms with Gasteiger partial charge in [-0.15, -0.1) is 0 Å². The van der Waals surface area contributed by atoms with Crippen LogP contribution in [0, 0.1) is 0 Å². The Morgan fingerprint density at radius 1 is 1.14 bits per heavy atom. The van der Waals surface area contributed by atoms with Crippen LogP contribution in [-0.4, -0.2) is 46.4 Å². The molecule has 0 radical (unpaired) electrons. The summed E-state index contributed by atoms with van der Waals surface area (Å²) in [7, 11) is 0. The van der Waals surface area contributed by atoms with Gasteiger partial charge in [0.25, 0.3) is 5.91 Å². The Hall–Kier alpha value is -2.57. The molecule has 144 valence electrons. The van der Waals surface area contributed by atoms with Gasteiger partial charge in [0.15, 0.2) is 5.82 Å². The van der Waals surface area contributed by atoms with E-state index in [0.717, 1.165) is 40.7 Å². The summed E-state index contributed by atoms with van der Waals surface area (Å²) in [6, 6.07) is 11.6. The smallest absolute Gasteiger partial charge is 0.286 e. The highest BCUT2D eigenvalue weighted by Crippen LogP contribution is 2.37. The number of nitrogens with one attached hydrogen (secondary N) is 2. The largest absolute Gasteiger partial charge is 0.365 e. The Morgan fingerprint density at radius 3 is 2.61 bits per heavy atom. The molecule has 1 aliphatic rings. The monoisotopic (exact) mass is 416 g/mol. The molecular weight excluding hydrogens is 399 g/mol. The number of rotatable bonds is 4. The molecule has 0 bridgehead atoms. The number of fused-ring (bicyclic) bond motifs is 1. The molecule has 8 heteroatoms. The van der Waals surface area contributed by atoms with Crippen LogP contribution in [0.3, 0.4) is 0 Å². The molecule has 3 aromatic rings. The second-order valence-corrected chi connectivity index (χ2v) is 7.61. The molecular formula is C20H18Cl2N4O2. The summed E-state index contributed by atoms with van der Waals surface area (Å²) < 4.78 is 0. The number of H-pyrrole nitrogens is 1. The molecule has 2 N–H and O–H groups in total. The highest BCUT2D eigenvalue weighted by Gasteiger charge is 2.23. The average molecular weight is 417 g/mol. The first-order valence-corrected chi connectivity index (χ1v) is 9.75. The summed E-state index contributed by atoms with van der Waals surface area (Å²) >= 11 is 12.8. The summed E-state index contributed by atoms with van der Waals surface area (Å²) in [5, 5.41) is 13.0. The highest BCUT2D eigenvalue weighted by molar-refractivity contribution is 6.37. The Morgan fingerprint density at radius 2 is 1.89 bits per heavy atom. The third-order valence-corrected chi connectivity index (χ3v) is 5.71. The summed E-state index contributed by atoms with van der Waals surface area (Å²) in [6.45, 7) is 1.10.